The number of fused-ring (bicyclic) bond motifs is 2. The maximum atomic E-state index is 12.6. The van der Waals surface area contributed by atoms with Gasteiger partial charge in [0.15, 0.2) is 0 Å². The number of nitrogens with one attached hydrogen (secondary N) is 1. The summed E-state index contributed by atoms with van der Waals surface area (Å²) in [5.41, 5.74) is 1.21. The van der Waals surface area contributed by atoms with Crippen molar-refractivity contribution in [1.29, 1.82) is 0 Å². The molecule has 136 valence electrons. The van der Waals surface area contributed by atoms with Gasteiger partial charge in [0, 0.05) is 31.6 Å². The van der Waals surface area contributed by atoms with Gasteiger partial charge in [0.05, 0.1) is 6.10 Å². The Labute approximate surface area is 150 Å². The molecule has 1 aromatic rings. The second-order valence-electron chi connectivity index (χ2n) is 7.94. The minimum Gasteiger partial charge on any atom is -0.490 e. The Balaban J connectivity index is 1.29. The lowest BCUT2D eigenvalue weighted by Crippen LogP contribution is -2.39. The maximum Gasteiger partial charge on any atom is 0.222 e. The molecule has 1 saturated carbocycles. The quantitative estimate of drug-likeness (QED) is 0.893. The van der Waals surface area contributed by atoms with E-state index in [2.05, 4.69) is 28.4 Å². The highest BCUT2D eigenvalue weighted by Gasteiger charge is 2.30. The van der Waals surface area contributed by atoms with Crippen LogP contribution in [0.1, 0.15) is 56.9 Å². The lowest BCUT2D eigenvalue weighted by molar-refractivity contribution is -0.131. The van der Waals surface area contributed by atoms with Gasteiger partial charge in [-0.3, -0.25) is 4.79 Å². The van der Waals surface area contributed by atoms with Crippen LogP contribution in [0.15, 0.2) is 24.3 Å². The molecule has 4 heteroatoms. The van der Waals surface area contributed by atoms with Crippen LogP contribution in [-0.4, -0.2) is 42.1 Å². The Hall–Kier alpha value is -1.55. The monoisotopic (exact) mass is 342 g/mol. The fourth-order valence-electron chi connectivity index (χ4n) is 4.55. The van der Waals surface area contributed by atoms with Gasteiger partial charge in [-0.1, -0.05) is 12.1 Å². The van der Waals surface area contributed by atoms with Crippen LogP contribution >= 0.6 is 0 Å². The van der Waals surface area contributed by atoms with E-state index in [0.717, 1.165) is 31.7 Å². The van der Waals surface area contributed by atoms with Crippen LogP contribution < -0.4 is 10.1 Å². The van der Waals surface area contributed by atoms with Crippen LogP contribution in [0.3, 0.4) is 0 Å². The summed E-state index contributed by atoms with van der Waals surface area (Å²) in [5, 5.41) is 3.64. The average molecular weight is 342 g/mol. The van der Waals surface area contributed by atoms with Crippen molar-refractivity contribution in [3.05, 3.63) is 29.8 Å². The fraction of sp³-hybridized carbons (Fsp3) is 0.667. The third-order valence-corrected chi connectivity index (χ3v) is 6.01. The maximum absolute atomic E-state index is 12.6. The zero-order valence-corrected chi connectivity index (χ0v) is 15.1. The Kier molecular flexibility index (Phi) is 5.25. The number of hydrogen-bond donors (Lipinski definition) is 1. The van der Waals surface area contributed by atoms with Crippen molar-refractivity contribution in [2.24, 2.45) is 0 Å². The number of carbonyl (C=O) groups is 1. The van der Waals surface area contributed by atoms with E-state index in [-0.39, 0.29) is 0 Å². The molecule has 4 rings (SSSR count). The molecule has 2 unspecified atom stereocenters. The molecule has 1 aliphatic carbocycles. The molecule has 3 fully saturated rings. The SMILES string of the molecule is O=C(CCc1cccc(OC2CCCC2)c1)N1CCC2CCC(C1)N2. The summed E-state index contributed by atoms with van der Waals surface area (Å²) in [7, 11) is 0. The molecule has 2 aliphatic heterocycles. The second-order valence-corrected chi connectivity index (χ2v) is 7.94. The van der Waals surface area contributed by atoms with E-state index in [1.807, 2.05) is 6.07 Å². The smallest absolute Gasteiger partial charge is 0.222 e. The number of carbonyl (C=O) groups excluding carboxylic acids is 1. The summed E-state index contributed by atoms with van der Waals surface area (Å²) < 4.78 is 6.09. The van der Waals surface area contributed by atoms with Gasteiger partial charge >= 0.3 is 0 Å². The summed E-state index contributed by atoms with van der Waals surface area (Å²) in [6.07, 6.45) is 10.3. The summed E-state index contributed by atoms with van der Waals surface area (Å²) >= 11 is 0. The van der Waals surface area contributed by atoms with E-state index in [0.29, 0.717) is 30.5 Å². The molecule has 0 radical (unpaired) electrons. The standard InChI is InChI=1S/C21H30N2O2/c24-21(23-13-12-17-9-10-18(15-23)22-17)11-8-16-4-3-7-20(14-16)25-19-5-1-2-6-19/h3-4,7,14,17-19,22H,1-2,5-6,8-13,15H2. The van der Waals surface area contributed by atoms with Crippen molar-refractivity contribution in [1.82, 2.24) is 10.2 Å². The summed E-state index contributed by atoms with van der Waals surface area (Å²) in [4.78, 5) is 14.7. The van der Waals surface area contributed by atoms with Gasteiger partial charge in [0.25, 0.3) is 0 Å². The van der Waals surface area contributed by atoms with E-state index < -0.39 is 0 Å². The Morgan fingerprint density at radius 3 is 2.84 bits per heavy atom. The molecule has 0 aromatic heterocycles. The number of amides is 1. The normalized spacial score (nSPS) is 26.6. The number of hydrogen-bond acceptors (Lipinski definition) is 3. The molecule has 2 atom stereocenters. The topological polar surface area (TPSA) is 41.6 Å². The third-order valence-electron chi connectivity index (χ3n) is 6.01. The molecule has 3 aliphatic rings. The van der Waals surface area contributed by atoms with Crippen LogP contribution in [0.4, 0.5) is 0 Å². The average Bonchev–Trinajstić information content (AvgIpc) is 3.22. The molecule has 1 amide bonds. The van der Waals surface area contributed by atoms with Gasteiger partial charge < -0.3 is 15.0 Å². The minimum atomic E-state index is 0.302. The molecule has 2 heterocycles. The molecule has 1 aromatic carbocycles. The lowest BCUT2D eigenvalue weighted by atomic mass is 10.1. The molecular formula is C21H30N2O2. The van der Waals surface area contributed by atoms with Crippen LogP contribution in [0, 0.1) is 0 Å². The van der Waals surface area contributed by atoms with Crippen LogP contribution in [-0.2, 0) is 11.2 Å². The Morgan fingerprint density at radius 2 is 1.96 bits per heavy atom. The second kappa shape index (κ2) is 7.77. The van der Waals surface area contributed by atoms with Crippen molar-refractivity contribution in [3.8, 4) is 5.75 Å². The first kappa shape index (κ1) is 16.9. The van der Waals surface area contributed by atoms with Gasteiger partial charge in [-0.2, -0.15) is 0 Å². The lowest BCUT2D eigenvalue weighted by Gasteiger charge is -2.24. The third kappa shape index (κ3) is 4.35. The highest BCUT2D eigenvalue weighted by atomic mass is 16.5. The first-order chi connectivity index (χ1) is 12.3. The number of rotatable bonds is 5. The van der Waals surface area contributed by atoms with E-state index in [4.69, 9.17) is 4.74 Å². The van der Waals surface area contributed by atoms with Crippen molar-refractivity contribution in [2.45, 2.75) is 76.0 Å². The number of ether oxygens (including phenoxy) is 1. The molecular weight excluding hydrogens is 312 g/mol. The molecule has 2 bridgehead atoms. The van der Waals surface area contributed by atoms with Crippen molar-refractivity contribution in [2.75, 3.05) is 13.1 Å². The van der Waals surface area contributed by atoms with Crippen LogP contribution in [0.5, 0.6) is 5.75 Å². The predicted octanol–water partition coefficient (Wildman–Crippen LogP) is 3.29. The Bertz CT molecular complexity index is 597. The Morgan fingerprint density at radius 1 is 1.12 bits per heavy atom. The van der Waals surface area contributed by atoms with E-state index in [9.17, 15) is 4.79 Å². The van der Waals surface area contributed by atoms with E-state index >= 15 is 0 Å². The van der Waals surface area contributed by atoms with Crippen LogP contribution in [0.25, 0.3) is 0 Å². The highest BCUT2D eigenvalue weighted by molar-refractivity contribution is 5.76. The molecule has 25 heavy (non-hydrogen) atoms. The summed E-state index contributed by atoms with van der Waals surface area (Å²) in [5.74, 6) is 1.27. The van der Waals surface area contributed by atoms with E-state index in [1.54, 1.807) is 0 Å². The molecule has 2 saturated heterocycles. The first-order valence-electron chi connectivity index (χ1n) is 10.1. The van der Waals surface area contributed by atoms with Crippen LogP contribution in [0.2, 0.25) is 0 Å². The van der Waals surface area contributed by atoms with Crippen molar-refractivity contribution in [3.63, 3.8) is 0 Å². The number of benzene rings is 1. The van der Waals surface area contributed by atoms with Crippen molar-refractivity contribution < 1.29 is 9.53 Å². The number of aryl methyl sites for hydroxylation is 1. The predicted molar refractivity (Wildman–Crippen MR) is 98.8 cm³/mol. The number of likely N-dealkylation sites (tertiary alicyclic amines) is 1. The molecule has 4 nitrogen and oxygen atoms in total. The highest BCUT2D eigenvalue weighted by Crippen LogP contribution is 2.25. The fourth-order valence-corrected chi connectivity index (χ4v) is 4.55. The van der Waals surface area contributed by atoms with Gasteiger partial charge in [-0.05, 0) is 69.1 Å². The largest absolute Gasteiger partial charge is 0.490 e. The van der Waals surface area contributed by atoms with Gasteiger partial charge in [0.2, 0.25) is 5.91 Å². The zero-order chi connectivity index (χ0) is 17.1. The first-order valence-corrected chi connectivity index (χ1v) is 10.1. The number of nitrogens with zero attached hydrogens (tertiary/aromatic N) is 1. The molecule has 0 spiro atoms. The summed E-state index contributed by atoms with van der Waals surface area (Å²) in [6, 6.07) is 9.48. The van der Waals surface area contributed by atoms with Gasteiger partial charge in [0.1, 0.15) is 5.75 Å². The van der Waals surface area contributed by atoms with Gasteiger partial charge in [-0.25, -0.2) is 0 Å². The van der Waals surface area contributed by atoms with Crippen molar-refractivity contribution >= 4 is 5.91 Å². The zero-order valence-electron chi connectivity index (χ0n) is 15.1. The minimum absolute atomic E-state index is 0.302. The van der Waals surface area contributed by atoms with Gasteiger partial charge in [-0.15, -0.1) is 0 Å². The molecule has 1 N–H and O–H groups in total. The van der Waals surface area contributed by atoms with E-state index in [1.165, 1.54) is 44.1 Å². The summed E-state index contributed by atoms with van der Waals surface area (Å²) in [6.45, 7) is 1.80.